The van der Waals surface area contributed by atoms with Crippen LogP contribution in [-0.2, 0) is 9.53 Å². The number of aliphatic carboxylic acids is 1. The van der Waals surface area contributed by atoms with Crippen LogP contribution in [0.15, 0.2) is 0 Å². The van der Waals surface area contributed by atoms with Crippen LogP contribution in [0.4, 0.5) is 5.00 Å². The van der Waals surface area contributed by atoms with Gasteiger partial charge in [0.25, 0.3) is 0 Å². The summed E-state index contributed by atoms with van der Waals surface area (Å²) in [4.78, 5) is 26.2. The SMILES string of the molecule is CCOC(=O)c1c(N(CCC(=O)O)CC(C)C)sc(C)c1C. The van der Waals surface area contributed by atoms with Gasteiger partial charge in [0.2, 0.25) is 0 Å². The Kier molecular flexibility index (Phi) is 6.87. The molecule has 0 amide bonds. The van der Waals surface area contributed by atoms with Crippen molar-refractivity contribution in [2.24, 2.45) is 5.92 Å². The first-order valence-corrected chi connectivity index (χ1v) is 8.33. The van der Waals surface area contributed by atoms with Crippen LogP contribution < -0.4 is 4.90 Å². The molecule has 0 aliphatic carbocycles. The van der Waals surface area contributed by atoms with Crippen LogP contribution in [0.2, 0.25) is 0 Å². The minimum atomic E-state index is -0.837. The van der Waals surface area contributed by atoms with E-state index in [2.05, 4.69) is 13.8 Å². The highest BCUT2D eigenvalue weighted by Gasteiger charge is 2.25. The zero-order chi connectivity index (χ0) is 16.9. The number of rotatable bonds is 8. The lowest BCUT2D eigenvalue weighted by atomic mass is 10.1. The normalized spacial score (nSPS) is 10.8. The first kappa shape index (κ1) is 18.5. The molecular formula is C16H25NO4S. The van der Waals surface area contributed by atoms with E-state index in [1.165, 1.54) is 11.3 Å². The summed E-state index contributed by atoms with van der Waals surface area (Å²) in [7, 11) is 0. The summed E-state index contributed by atoms with van der Waals surface area (Å²) in [5.74, 6) is -0.800. The number of hydrogen-bond donors (Lipinski definition) is 1. The van der Waals surface area contributed by atoms with Crippen molar-refractivity contribution in [3.8, 4) is 0 Å². The highest BCUT2D eigenvalue weighted by atomic mass is 32.1. The Morgan fingerprint density at radius 2 is 1.95 bits per heavy atom. The van der Waals surface area contributed by atoms with Gasteiger partial charge in [0.1, 0.15) is 5.00 Å². The molecule has 0 aliphatic rings. The number of aryl methyl sites for hydroxylation is 1. The summed E-state index contributed by atoms with van der Waals surface area (Å²) in [5.41, 5.74) is 1.50. The van der Waals surface area contributed by atoms with Gasteiger partial charge in [-0.05, 0) is 32.3 Å². The lowest BCUT2D eigenvalue weighted by Gasteiger charge is -2.25. The molecule has 1 heterocycles. The molecule has 0 saturated carbocycles. The van der Waals surface area contributed by atoms with Crippen molar-refractivity contribution in [3.63, 3.8) is 0 Å². The summed E-state index contributed by atoms with van der Waals surface area (Å²) < 4.78 is 5.17. The van der Waals surface area contributed by atoms with Crippen molar-refractivity contribution in [2.45, 2.75) is 41.0 Å². The monoisotopic (exact) mass is 327 g/mol. The van der Waals surface area contributed by atoms with Crippen molar-refractivity contribution in [2.75, 3.05) is 24.6 Å². The van der Waals surface area contributed by atoms with Crippen LogP contribution in [-0.4, -0.2) is 36.7 Å². The maximum atomic E-state index is 12.3. The summed E-state index contributed by atoms with van der Waals surface area (Å²) in [6.45, 7) is 11.2. The van der Waals surface area contributed by atoms with Gasteiger partial charge < -0.3 is 14.7 Å². The lowest BCUT2D eigenvalue weighted by Crippen LogP contribution is -2.30. The molecule has 0 aliphatic heterocycles. The molecule has 5 nitrogen and oxygen atoms in total. The maximum Gasteiger partial charge on any atom is 0.341 e. The smallest absolute Gasteiger partial charge is 0.341 e. The molecule has 1 rings (SSSR count). The van der Waals surface area contributed by atoms with Gasteiger partial charge in [0, 0.05) is 18.0 Å². The molecule has 124 valence electrons. The van der Waals surface area contributed by atoms with Crippen molar-refractivity contribution >= 4 is 28.3 Å². The lowest BCUT2D eigenvalue weighted by molar-refractivity contribution is -0.136. The van der Waals surface area contributed by atoms with Crippen LogP contribution >= 0.6 is 11.3 Å². The molecule has 0 bridgehead atoms. The molecule has 0 saturated heterocycles. The third-order valence-corrected chi connectivity index (χ3v) is 4.58. The molecule has 0 fully saturated rings. The molecule has 0 unspecified atom stereocenters. The number of thiophene rings is 1. The molecule has 22 heavy (non-hydrogen) atoms. The van der Waals surface area contributed by atoms with Gasteiger partial charge in [-0.25, -0.2) is 4.79 Å². The minimum absolute atomic E-state index is 0.0466. The van der Waals surface area contributed by atoms with Crippen molar-refractivity contribution in [1.29, 1.82) is 0 Å². The van der Waals surface area contributed by atoms with Gasteiger partial charge in [-0.2, -0.15) is 0 Å². The highest BCUT2D eigenvalue weighted by Crippen LogP contribution is 2.36. The number of carbonyl (C=O) groups excluding carboxylic acids is 1. The molecular weight excluding hydrogens is 302 g/mol. The number of nitrogens with zero attached hydrogens (tertiary/aromatic N) is 1. The molecule has 1 aromatic rings. The van der Waals surface area contributed by atoms with Gasteiger partial charge in [0.15, 0.2) is 0 Å². The Labute approximate surface area is 135 Å². The van der Waals surface area contributed by atoms with E-state index in [4.69, 9.17) is 9.84 Å². The average Bonchev–Trinajstić information content (AvgIpc) is 2.70. The van der Waals surface area contributed by atoms with Crippen molar-refractivity contribution in [1.82, 2.24) is 0 Å². The van der Waals surface area contributed by atoms with E-state index in [9.17, 15) is 9.59 Å². The fourth-order valence-electron chi connectivity index (χ4n) is 2.22. The fourth-order valence-corrected chi connectivity index (χ4v) is 3.40. The van der Waals surface area contributed by atoms with E-state index in [1.807, 2.05) is 18.7 Å². The van der Waals surface area contributed by atoms with E-state index in [1.54, 1.807) is 6.92 Å². The van der Waals surface area contributed by atoms with Crippen LogP contribution in [0.1, 0.15) is 48.0 Å². The molecule has 0 spiro atoms. The van der Waals surface area contributed by atoms with E-state index in [0.717, 1.165) is 15.4 Å². The second-order valence-corrected chi connectivity index (χ2v) is 6.87. The molecule has 0 aromatic carbocycles. The number of carboxylic acids is 1. The number of esters is 1. The molecule has 0 atom stereocenters. The van der Waals surface area contributed by atoms with Crippen LogP contribution in [0.25, 0.3) is 0 Å². The molecule has 1 aromatic heterocycles. The van der Waals surface area contributed by atoms with E-state index < -0.39 is 5.97 Å². The second-order valence-electron chi connectivity index (χ2n) is 5.67. The van der Waals surface area contributed by atoms with Gasteiger partial charge in [-0.1, -0.05) is 13.8 Å². The average molecular weight is 327 g/mol. The third-order valence-electron chi connectivity index (χ3n) is 3.31. The number of anilines is 1. The predicted octanol–water partition coefficient (Wildman–Crippen LogP) is 3.48. The van der Waals surface area contributed by atoms with Gasteiger partial charge >= 0.3 is 11.9 Å². The molecule has 0 radical (unpaired) electrons. The Morgan fingerprint density at radius 3 is 2.45 bits per heavy atom. The fraction of sp³-hybridized carbons (Fsp3) is 0.625. The van der Waals surface area contributed by atoms with Crippen LogP contribution in [0, 0.1) is 19.8 Å². The van der Waals surface area contributed by atoms with Gasteiger partial charge in [-0.3, -0.25) is 4.79 Å². The summed E-state index contributed by atoms with van der Waals surface area (Å²) in [5, 5.41) is 9.77. The van der Waals surface area contributed by atoms with Crippen LogP contribution in [0.5, 0.6) is 0 Å². The van der Waals surface area contributed by atoms with Gasteiger partial charge in [-0.15, -0.1) is 11.3 Å². The number of carbonyl (C=O) groups is 2. The summed E-state index contributed by atoms with van der Waals surface area (Å²) >= 11 is 1.53. The largest absolute Gasteiger partial charge is 0.481 e. The zero-order valence-electron chi connectivity index (χ0n) is 13.9. The van der Waals surface area contributed by atoms with E-state index >= 15 is 0 Å². The minimum Gasteiger partial charge on any atom is -0.481 e. The topological polar surface area (TPSA) is 66.8 Å². The van der Waals surface area contributed by atoms with Crippen LogP contribution in [0.3, 0.4) is 0 Å². The predicted molar refractivity (Wildman–Crippen MR) is 89.1 cm³/mol. The second kappa shape index (κ2) is 8.17. The molecule has 1 N–H and O–H groups in total. The number of hydrogen-bond acceptors (Lipinski definition) is 5. The Balaban J connectivity index is 3.19. The number of carboxylic acid groups (broad SMARTS) is 1. The number of ether oxygens (including phenoxy) is 1. The Morgan fingerprint density at radius 1 is 1.32 bits per heavy atom. The first-order chi connectivity index (χ1) is 10.3. The van der Waals surface area contributed by atoms with E-state index in [-0.39, 0.29) is 12.4 Å². The first-order valence-electron chi connectivity index (χ1n) is 7.51. The van der Waals surface area contributed by atoms with Crippen molar-refractivity contribution < 1.29 is 19.4 Å². The molecule has 6 heteroatoms. The maximum absolute atomic E-state index is 12.3. The summed E-state index contributed by atoms with van der Waals surface area (Å²) in [6, 6.07) is 0. The van der Waals surface area contributed by atoms with E-state index in [0.29, 0.717) is 31.2 Å². The van der Waals surface area contributed by atoms with Gasteiger partial charge in [0.05, 0.1) is 18.6 Å². The standard InChI is InChI=1S/C16H25NO4S/c1-6-21-16(20)14-11(4)12(5)22-15(14)17(9-10(2)3)8-7-13(18)19/h10H,6-9H2,1-5H3,(H,18,19). The third kappa shape index (κ3) is 4.73. The summed E-state index contributed by atoms with van der Waals surface area (Å²) in [6.07, 6.45) is 0.0466. The highest BCUT2D eigenvalue weighted by molar-refractivity contribution is 7.16. The van der Waals surface area contributed by atoms with Crippen molar-refractivity contribution in [3.05, 3.63) is 16.0 Å². The quantitative estimate of drug-likeness (QED) is 0.740. The zero-order valence-corrected chi connectivity index (χ0v) is 14.7. The Hall–Kier alpha value is -1.56. The Bertz CT molecular complexity index is 536.